The highest BCUT2D eigenvalue weighted by Gasteiger charge is 2.31. The minimum atomic E-state index is -0.569. The van der Waals surface area contributed by atoms with Crippen molar-refractivity contribution in [1.82, 2.24) is 14.8 Å². The summed E-state index contributed by atoms with van der Waals surface area (Å²) in [6.45, 7) is 15.4. The number of aromatic nitrogens is 1. The van der Waals surface area contributed by atoms with Gasteiger partial charge in [0.25, 0.3) is 0 Å². The fourth-order valence-electron chi connectivity index (χ4n) is 5.38. The Morgan fingerprint density at radius 1 is 0.951 bits per heavy atom. The van der Waals surface area contributed by atoms with Gasteiger partial charge in [-0.25, -0.2) is 9.78 Å². The number of carbonyl (C=O) groups is 3. The van der Waals surface area contributed by atoms with Crippen molar-refractivity contribution in [3.63, 3.8) is 0 Å². The van der Waals surface area contributed by atoms with E-state index >= 15 is 0 Å². The second-order valence-electron chi connectivity index (χ2n) is 12.0. The summed E-state index contributed by atoms with van der Waals surface area (Å²) >= 11 is 0. The second-order valence-corrected chi connectivity index (χ2v) is 12.0. The van der Waals surface area contributed by atoms with Crippen molar-refractivity contribution in [3.8, 4) is 0 Å². The van der Waals surface area contributed by atoms with Crippen LogP contribution in [0.2, 0.25) is 0 Å². The van der Waals surface area contributed by atoms with Gasteiger partial charge in [-0.05, 0) is 90.1 Å². The molecule has 0 bridgehead atoms. The number of hydrogen-bond donors (Lipinski definition) is 1. The molecule has 8 heteroatoms. The van der Waals surface area contributed by atoms with Gasteiger partial charge in [0, 0.05) is 43.7 Å². The van der Waals surface area contributed by atoms with Gasteiger partial charge in [-0.3, -0.25) is 19.8 Å². The van der Waals surface area contributed by atoms with Crippen LogP contribution in [0.15, 0.2) is 42.6 Å². The third kappa shape index (κ3) is 10.3. The van der Waals surface area contributed by atoms with E-state index in [2.05, 4.69) is 15.2 Å². The first-order valence-electron chi connectivity index (χ1n) is 15.1. The second kappa shape index (κ2) is 15.1. The van der Waals surface area contributed by atoms with Gasteiger partial charge < -0.3 is 9.64 Å². The minimum absolute atomic E-state index is 0.0637. The Hall–Kier alpha value is -3.26. The molecule has 0 radical (unpaired) electrons. The maximum Gasteiger partial charge on any atom is 0.413 e. The maximum absolute atomic E-state index is 13.2. The summed E-state index contributed by atoms with van der Waals surface area (Å²) in [5.41, 5.74) is 2.43. The van der Waals surface area contributed by atoms with Crippen molar-refractivity contribution < 1.29 is 19.1 Å². The van der Waals surface area contributed by atoms with Crippen LogP contribution in [0.5, 0.6) is 0 Å². The van der Waals surface area contributed by atoms with Crippen molar-refractivity contribution in [1.29, 1.82) is 0 Å². The normalized spacial score (nSPS) is 16.9. The van der Waals surface area contributed by atoms with Crippen LogP contribution in [0.1, 0.15) is 88.2 Å². The lowest BCUT2D eigenvalue weighted by atomic mass is 9.88. The predicted octanol–water partition coefficient (Wildman–Crippen LogP) is 6.49. The van der Waals surface area contributed by atoms with E-state index in [0.717, 1.165) is 75.1 Å². The molecule has 0 spiro atoms. The molecule has 0 unspecified atom stereocenters. The number of carbonyl (C=O) groups excluding carboxylic acids is 3. The molecule has 2 saturated heterocycles. The number of nitrogens with one attached hydrogen (secondary N) is 1. The maximum atomic E-state index is 13.2. The SMILES string of the molecule is CC.Cc1ccc(C(=O)CC2CCN(C(=O)C3CCN(Cc4ccnc(NC(=O)OC(C)(C)C)c4)CC3)CC2)cc1. The number of benzene rings is 1. The number of likely N-dealkylation sites (tertiary alicyclic amines) is 2. The fourth-order valence-corrected chi connectivity index (χ4v) is 5.38. The molecule has 224 valence electrons. The van der Waals surface area contributed by atoms with Crippen LogP contribution in [0.25, 0.3) is 0 Å². The zero-order chi connectivity index (χ0) is 30.0. The van der Waals surface area contributed by atoms with Crippen LogP contribution in [0.3, 0.4) is 0 Å². The monoisotopic (exact) mass is 564 g/mol. The third-order valence-corrected chi connectivity index (χ3v) is 7.57. The molecule has 0 aliphatic carbocycles. The molecule has 0 saturated carbocycles. The van der Waals surface area contributed by atoms with E-state index < -0.39 is 11.7 Å². The van der Waals surface area contributed by atoms with Crippen LogP contribution >= 0.6 is 0 Å². The van der Waals surface area contributed by atoms with Gasteiger partial charge in [0.2, 0.25) is 5.91 Å². The minimum Gasteiger partial charge on any atom is -0.444 e. The Balaban J connectivity index is 0.00000226. The van der Waals surface area contributed by atoms with Gasteiger partial charge in [0.05, 0.1) is 0 Å². The predicted molar refractivity (Wildman–Crippen MR) is 163 cm³/mol. The molecular weight excluding hydrogens is 516 g/mol. The number of amides is 2. The molecule has 1 aromatic heterocycles. The van der Waals surface area contributed by atoms with E-state index in [9.17, 15) is 14.4 Å². The van der Waals surface area contributed by atoms with E-state index in [1.807, 2.05) is 82.8 Å². The highest BCUT2D eigenvalue weighted by Crippen LogP contribution is 2.27. The van der Waals surface area contributed by atoms with Crippen molar-refractivity contribution in [2.75, 3.05) is 31.5 Å². The van der Waals surface area contributed by atoms with Crippen molar-refractivity contribution in [2.24, 2.45) is 11.8 Å². The van der Waals surface area contributed by atoms with Gasteiger partial charge in [-0.2, -0.15) is 0 Å². The lowest BCUT2D eigenvalue weighted by Crippen LogP contribution is -2.45. The standard InChI is InChI=1S/C31H42N4O4.C2H6/c1-22-5-7-25(8-6-22)27(36)19-23-10-17-35(18-11-23)29(37)26-12-15-34(16-13-26)21-24-9-14-32-28(20-24)33-30(38)39-31(2,3)4;1-2/h5-9,14,20,23,26H,10-13,15-19,21H2,1-4H3,(H,32,33,38);1-2H3. The Bertz CT molecular complexity index is 1140. The quantitative estimate of drug-likeness (QED) is 0.387. The number of ether oxygens (including phenoxy) is 1. The number of rotatable bonds is 7. The van der Waals surface area contributed by atoms with E-state index in [4.69, 9.17) is 4.74 Å². The number of Topliss-reactive ketones (excluding diaryl/α,β-unsaturated/α-hetero) is 1. The van der Waals surface area contributed by atoms with Crippen LogP contribution in [0, 0.1) is 18.8 Å². The largest absolute Gasteiger partial charge is 0.444 e. The Kier molecular flexibility index (Phi) is 11.9. The van der Waals surface area contributed by atoms with Crippen LogP contribution < -0.4 is 5.32 Å². The number of ketones is 1. The molecule has 3 heterocycles. The highest BCUT2D eigenvalue weighted by atomic mass is 16.6. The zero-order valence-corrected chi connectivity index (χ0v) is 25.7. The van der Waals surface area contributed by atoms with Gasteiger partial charge in [-0.15, -0.1) is 0 Å². The van der Waals surface area contributed by atoms with Crippen LogP contribution in [-0.2, 0) is 16.1 Å². The number of nitrogens with zero attached hydrogens (tertiary/aromatic N) is 3. The van der Waals surface area contributed by atoms with Crippen molar-refractivity contribution >= 4 is 23.6 Å². The van der Waals surface area contributed by atoms with Gasteiger partial charge in [0.1, 0.15) is 11.4 Å². The smallest absolute Gasteiger partial charge is 0.413 e. The number of aryl methyl sites for hydroxylation is 1. The zero-order valence-electron chi connectivity index (χ0n) is 25.7. The lowest BCUT2D eigenvalue weighted by molar-refractivity contribution is -0.138. The fraction of sp³-hybridized carbons (Fsp3) is 0.576. The molecule has 4 rings (SSSR count). The first-order valence-corrected chi connectivity index (χ1v) is 15.1. The summed E-state index contributed by atoms with van der Waals surface area (Å²) in [7, 11) is 0. The van der Waals surface area contributed by atoms with Crippen molar-refractivity contribution in [3.05, 3.63) is 59.3 Å². The Labute approximate surface area is 245 Å². The summed E-state index contributed by atoms with van der Waals surface area (Å²) in [5, 5.41) is 2.70. The van der Waals surface area contributed by atoms with Crippen molar-refractivity contribution in [2.45, 2.75) is 85.8 Å². The third-order valence-electron chi connectivity index (χ3n) is 7.57. The summed E-state index contributed by atoms with van der Waals surface area (Å²) < 4.78 is 5.31. The van der Waals surface area contributed by atoms with Crippen LogP contribution in [0.4, 0.5) is 10.6 Å². The van der Waals surface area contributed by atoms with E-state index in [-0.39, 0.29) is 17.6 Å². The molecule has 2 aliphatic rings. The molecule has 2 aliphatic heterocycles. The Morgan fingerprint density at radius 3 is 2.20 bits per heavy atom. The molecular formula is C33H48N4O4. The highest BCUT2D eigenvalue weighted by molar-refractivity contribution is 5.96. The molecule has 2 aromatic rings. The molecule has 8 nitrogen and oxygen atoms in total. The first-order chi connectivity index (χ1) is 19.6. The summed E-state index contributed by atoms with van der Waals surface area (Å²) in [6.07, 6.45) is 5.21. The summed E-state index contributed by atoms with van der Waals surface area (Å²) in [5.74, 6) is 1.35. The number of anilines is 1. The molecule has 41 heavy (non-hydrogen) atoms. The van der Waals surface area contributed by atoms with E-state index in [0.29, 0.717) is 18.2 Å². The molecule has 2 amide bonds. The van der Waals surface area contributed by atoms with E-state index in [1.165, 1.54) is 0 Å². The number of hydrogen-bond acceptors (Lipinski definition) is 6. The summed E-state index contributed by atoms with van der Waals surface area (Å²) in [4.78, 5) is 46.5. The van der Waals surface area contributed by atoms with Gasteiger partial charge in [0.15, 0.2) is 5.78 Å². The molecule has 0 atom stereocenters. The molecule has 2 fully saturated rings. The summed E-state index contributed by atoms with van der Waals surface area (Å²) in [6, 6.07) is 11.6. The lowest BCUT2D eigenvalue weighted by Gasteiger charge is -2.37. The van der Waals surface area contributed by atoms with Crippen LogP contribution in [-0.4, -0.2) is 64.3 Å². The Morgan fingerprint density at radius 2 is 1.59 bits per heavy atom. The molecule has 1 N–H and O–H groups in total. The number of piperidine rings is 2. The average Bonchev–Trinajstić information content (AvgIpc) is 2.94. The average molecular weight is 565 g/mol. The number of pyridine rings is 1. The first kappa shape index (κ1) is 32.3. The van der Waals surface area contributed by atoms with E-state index in [1.54, 1.807) is 6.20 Å². The topological polar surface area (TPSA) is 91.8 Å². The molecule has 1 aromatic carbocycles. The van der Waals surface area contributed by atoms with Gasteiger partial charge >= 0.3 is 6.09 Å². The van der Waals surface area contributed by atoms with Gasteiger partial charge in [-0.1, -0.05) is 43.7 Å².